The SMILES string of the molecule is CNc1cccnc1S(=O)(=O)NC(C)c1ccc(Cl)cc1. The van der Waals surface area contributed by atoms with E-state index >= 15 is 0 Å². The molecule has 0 radical (unpaired) electrons. The Bertz CT molecular complexity index is 717. The molecule has 1 unspecified atom stereocenters. The molecule has 1 heterocycles. The van der Waals surface area contributed by atoms with E-state index < -0.39 is 10.0 Å². The maximum atomic E-state index is 12.4. The van der Waals surface area contributed by atoms with Crippen molar-refractivity contribution in [1.29, 1.82) is 0 Å². The fraction of sp³-hybridized carbons (Fsp3) is 0.214. The fourth-order valence-corrected chi connectivity index (χ4v) is 3.40. The van der Waals surface area contributed by atoms with Gasteiger partial charge in [-0.1, -0.05) is 23.7 Å². The molecule has 2 aromatic rings. The van der Waals surface area contributed by atoms with Crippen LogP contribution in [-0.4, -0.2) is 20.4 Å². The van der Waals surface area contributed by atoms with Gasteiger partial charge in [-0.05, 0) is 36.8 Å². The van der Waals surface area contributed by atoms with Gasteiger partial charge in [-0.2, -0.15) is 0 Å². The normalized spacial score (nSPS) is 12.9. The highest BCUT2D eigenvalue weighted by Gasteiger charge is 2.22. The Kier molecular flexibility index (Phi) is 4.82. The molecule has 112 valence electrons. The summed E-state index contributed by atoms with van der Waals surface area (Å²) in [7, 11) is -2.07. The van der Waals surface area contributed by atoms with Gasteiger partial charge in [0.2, 0.25) is 0 Å². The quantitative estimate of drug-likeness (QED) is 0.886. The van der Waals surface area contributed by atoms with Crippen molar-refractivity contribution in [2.24, 2.45) is 0 Å². The Balaban J connectivity index is 2.26. The van der Waals surface area contributed by atoms with E-state index in [4.69, 9.17) is 11.6 Å². The van der Waals surface area contributed by atoms with Crippen LogP contribution in [0.15, 0.2) is 47.6 Å². The van der Waals surface area contributed by atoms with Gasteiger partial charge in [-0.25, -0.2) is 18.1 Å². The molecule has 0 aliphatic heterocycles. The molecule has 1 aromatic carbocycles. The van der Waals surface area contributed by atoms with E-state index in [1.54, 1.807) is 50.4 Å². The van der Waals surface area contributed by atoms with Gasteiger partial charge in [0.25, 0.3) is 10.0 Å². The molecule has 0 aliphatic carbocycles. The molecule has 0 spiro atoms. The third-order valence-corrected chi connectivity index (χ3v) is 4.75. The molecule has 0 saturated heterocycles. The minimum absolute atomic E-state index is 0.0201. The Labute approximate surface area is 129 Å². The van der Waals surface area contributed by atoms with Crippen molar-refractivity contribution in [2.75, 3.05) is 12.4 Å². The molecular weight excluding hydrogens is 310 g/mol. The lowest BCUT2D eigenvalue weighted by atomic mass is 10.1. The lowest BCUT2D eigenvalue weighted by Crippen LogP contribution is -2.28. The molecule has 1 atom stereocenters. The van der Waals surface area contributed by atoms with Gasteiger partial charge in [0.1, 0.15) is 0 Å². The molecule has 0 amide bonds. The van der Waals surface area contributed by atoms with Crippen molar-refractivity contribution in [2.45, 2.75) is 18.0 Å². The van der Waals surface area contributed by atoms with Crippen LogP contribution in [0, 0.1) is 0 Å². The highest BCUT2D eigenvalue weighted by molar-refractivity contribution is 7.89. The van der Waals surface area contributed by atoms with Crippen LogP contribution in [-0.2, 0) is 10.0 Å². The van der Waals surface area contributed by atoms with Crippen LogP contribution in [0.5, 0.6) is 0 Å². The number of rotatable bonds is 5. The van der Waals surface area contributed by atoms with Crippen LogP contribution in [0.2, 0.25) is 5.02 Å². The zero-order valence-corrected chi connectivity index (χ0v) is 13.2. The molecule has 0 bridgehead atoms. The molecule has 0 saturated carbocycles. The third kappa shape index (κ3) is 3.72. The van der Waals surface area contributed by atoms with Crippen molar-refractivity contribution in [3.05, 3.63) is 53.2 Å². The molecular formula is C14H16ClN3O2S. The summed E-state index contributed by atoms with van der Waals surface area (Å²) < 4.78 is 27.5. The topological polar surface area (TPSA) is 71.1 Å². The minimum atomic E-state index is -3.72. The van der Waals surface area contributed by atoms with Gasteiger partial charge >= 0.3 is 0 Å². The molecule has 2 rings (SSSR count). The lowest BCUT2D eigenvalue weighted by molar-refractivity contribution is 0.563. The second-order valence-corrected chi connectivity index (χ2v) is 6.57. The van der Waals surface area contributed by atoms with Crippen LogP contribution < -0.4 is 10.0 Å². The van der Waals surface area contributed by atoms with E-state index in [0.29, 0.717) is 10.7 Å². The molecule has 2 N–H and O–H groups in total. The number of anilines is 1. The van der Waals surface area contributed by atoms with Crippen molar-refractivity contribution < 1.29 is 8.42 Å². The van der Waals surface area contributed by atoms with E-state index in [1.165, 1.54) is 6.20 Å². The van der Waals surface area contributed by atoms with Gasteiger partial charge in [0.05, 0.1) is 5.69 Å². The summed E-state index contributed by atoms with van der Waals surface area (Å²) in [6.07, 6.45) is 1.45. The summed E-state index contributed by atoms with van der Waals surface area (Å²) >= 11 is 5.83. The summed E-state index contributed by atoms with van der Waals surface area (Å²) in [5.41, 5.74) is 1.28. The van der Waals surface area contributed by atoms with E-state index in [9.17, 15) is 8.42 Å². The van der Waals surface area contributed by atoms with E-state index in [-0.39, 0.29) is 11.1 Å². The van der Waals surface area contributed by atoms with Gasteiger partial charge < -0.3 is 5.32 Å². The summed E-state index contributed by atoms with van der Waals surface area (Å²) in [5, 5.41) is 3.41. The Hall–Kier alpha value is -1.63. The second-order valence-electron chi connectivity index (χ2n) is 4.50. The van der Waals surface area contributed by atoms with Crippen molar-refractivity contribution in [3.8, 4) is 0 Å². The lowest BCUT2D eigenvalue weighted by Gasteiger charge is -2.15. The largest absolute Gasteiger partial charge is 0.386 e. The van der Waals surface area contributed by atoms with Gasteiger partial charge in [-0.15, -0.1) is 0 Å². The maximum Gasteiger partial charge on any atom is 0.260 e. The first-order chi connectivity index (χ1) is 9.94. The number of pyridine rings is 1. The molecule has 0 aliphatic rings. The number of aromatic nitrogens is 1. The summed E-state index contributed by atoms with van der Waals surface area (Å²) in [4.78, 5) is 3.95. The van der Waals surface area contributed by atoms with Crippen LogP contribution in [0.3, 0.4) is 0 Å². The predicted octanol–water partition coefficient (Wildman–Crippen LogP) is 2.82. The first-order valence-electron chi connectivity index (χ1n) is 6.34. The minimum Gasteiger partial charge on any atom is -0.386 e. The monoisotopic (exact) mass is 325 g/mol. The second kappa shape index (κ2) is 6.43. The first kappa shape index (κ1) is 15.8. The van der Waals surface area contributed by atoms with Crippen LogP contribution in [0.1, 0.15) is 18.5 Å². The summed E-state index contributed by atoms with van der Waals surface area (Å²) in [6, 6.07) is 9.96. The molecule has 5 nitrogen and oxygen atoms in total. The number of nitrogens with one attached hydrogen (secondary N) is 2. The number of hydrogen-bond donors (Lipinski definition) is 2. The smallest absolute Gasteiger partial charge is 0.260 e. The van der Waals surface area contributed by atoms with Crippen molar-refractivity contribution >= 4 is 27.3 Å². The van der Waals surface area contributed by atoms with E-state index in [1.807, 2.05) is 0 Å². The number of sulfonamides is 1. The highest BCUT2D eigenvalue weighted by atomic mass is 35.5. The average molecular weight is 326 g/mol. The van der Waals surface area contributed by atoms with Crippen LogP contribution >= 0.6 is 11.6 Å². The predicted molar refractivity (Wildman–Crippen MR) is 84.0 cm³/mol. The molecule has 0 fully saturated rings. The summed E-state index contributed by atoms with van der Waals surface area (Å²) in [6.45, 7) is 1.77. The molecule has 21 heavy (non-hydrogen) atoms. The van der Waals surface area contributed by atoms with E-state index in [2.05, 4.69) is 15.0 Å². The number of nitrogens with zero attached hydrogens (tertiary/aromatic N) is 1. The Morgan fingerprint density at radius 1 is 1.19 bits per heavy atom. The fourth-order valence-electron chi connectivity index (χ4n) is 1.90. The third-order valence-electron chi connectivity index (χ3n) is 3.00. The summed E-state index contributed by atoms with van der Waals surface area (Å²) in [5.74, 6) is 0. The van der Waals surface area contributed by atoms with Crippen LogP contribution in [0.4, 0.5) is 5.69 Å². The average Bonchev–Trinajstić information content (AvgIpc) is 2.47. The Morgan fingerprint density at radius 3 is 2.48 bits per heavy atom. The Morgan fingerprint density at radius 2 is 1.86 bits per heavy atom. The molecule has 7 heteroatoms. The highest BCUT2D eigenvalue weighted by Crippen LogP contribution is 2.21. The molecule has 1 aromatic heterocycles. The van der Waals surface area contributed by atoms with Crippen LogP contribution in [0.25, 0.3) is 0 Å². The van der Waals surface area contributed by atoms with Crippen molar-refractivity contribution in [1.82, 2.24) is 9.71 Å². The zero-order chi connectivity index (χ0) is 15.5. The van der Waals surface area contributed by atoms with Crippen molar-refractivity contribution in [3.63, 3.8) is 0 Å². The van der Waals surface area contributed by atoms with Gasteiger partial charge in [0.15, 0.2) is 5.03 Å². The van der Waals surface area contributed by atoms with E-state index in [0.717, 1.165) is 5.56 Å². The standard InChI is InChI=1S/C14H16ClN3O2S/c1-10(11-5-7-12(15)8-6-11)18-21(19,20)14-13(16-2)4-3-9-17-14/h3-10,16,18H,1-2H3. The number of hydrogen-bond acceptors (Lipinski definition) is 4. The number of benzene rings is 1. The maximum absolute atomic E-state index is 12.4. The van der Waals surface area contributed by atoms with Gasteiger partial charge in [0, 0.05) is 24.3 Å². The van der Waals surface area contributed by atoms with Gasteiger partial charge in [-0.3, -0.25) is 0 Å². The zero-order valence-electron chi connectivity index (χ0n) is 11.7. The first-order valence-corrected chi connectivity index (χ1v) is 8.20. The number of halogens is 1.